The number of rotatable bonds is 3. The Morgan fingerprint density at radius 2 is 1.57 bits per heavy atom. The largest absolute Gasteiger partial charge is 0.469 e. The van der Waals surface area contributed by atoms with E-state index >= 15 is 0 Å². The molecule has 1 aromatic rings. The number of hydrogen-bond acceptors (Lipinski definition) is 4. The van der Waals surface area contributed by atoms with Gasteiger partial charge in [0.25, 0.3) is 0 Å². The van der Waals surface area contributed by atoms with Crippen LogP contribution >= 0.6 is 0 Å². The third kappa shape index (κ3) is 2.23. The van der Waals surface area contributed by atoms with E-state index in [1.807, 2.05) is 18.2 Å². The minimum atomic E-state index is -0.369. The molecule has 1 aromatic carbocycles. The molecule has 2 aliphatic rings. The van der Waals surface area contributed by atoms with Crippen LogP contribution < -0.4 is 0 Å². The molecular weight excluding hydrogens is 268 g/mol. The lowest BCUT2D eigenvalue weighted by molar-refractivity contribution is -0.160. The Bertz CT molecular complexity index is 539. The van der Waals surface area contributed by atoms with E-state index in [0.717, 1.165) is 12.8 Å². The molecule has 112 valence electrons. The summed E-state index contributed by atoms with van der Waals surface area (Å²) >= 11 is 0. The first-order valence-electron chi connectivity index (χ1n) is 7.38. The lowest BCUT2D eigenvalue weighted by atomic mass is 9.71. The molecule has 3 rings (SSSR count). The minimum Gasteiger partial charge on any atom is -0.469 e. The third-order valence-corrected chi connectivity index (χ3v) is 5.18. The van der Waals surface area contributed by atoms with Crippen molar-refractivity contribution in [3.63, 3.8) is 0 Å². The van der Waals surface area contributed by atoms with Gasteiger partial charge in [-0.2, -0.15) is 0 Å². The van der Waals surface area contributed by atoms with Gasteiger partial charge in [-0.25, -0.2) is 0 Å². The van der Waals surface area contributed by atoms with Crippen LogP contribution in [0.5, 0.6) is 0 Å². The Morgan fingerprint density at radius 3 is 2.19 bits per heavy atom. The van der Waals surface area contributed by atoms with Crippen molar-refractivity contribution in [1.82, 2.24) is 0 Å². The van der Waals surface area contributed by atoms with Crippen LogP contribution in [0.2, 0.25) is 0 Å². The zero-order chi connectivity index (χ0) is 15.0. The lowest BCUT2D eigenvalue weighted by Gasteiger charge is -2.32. The highest BCUT2D eigenvalue weighted by Gasteiger charge is 2.59. The summed E-state index contributed by atoms with van der Waals surface area (Å²) in [6.07, 6.45) is 1.85. The maximum absolute atomic E-state index is 12.2. The fourth-order valence-electron chi connectivity index (χ4n) is 4.38. The van der Waals surface area contributed by atoms with Crippen molar-refractivity contribution in [2.24, 2.45) is 23.7 Å². The van der Waals surface area contributed by atoms with Crippen molar-refractivity contribution >= 4 is 11.9 Å². The summed E-state index contributed by atoms with van der Waals surface area (Å²) in [5.41, 5.74) is 1.25. The molecule has 0 radical (unpaired) electrons. The number of methoxy groups -OCH3 is 2. The summed E-state index contributed by atoms with van der Waals surface area (Å²) in [6, 6.07) is 10.2. The minimum absolute atomic E-state index is 0.175. The summed E-state index contributed by atoms with van der Waals surface area (Å²) in [5.74, 6) is -0.534. The normalized spacial score (nSPS) is 33.7. The highest BCUT2D eigenvalue weighted by molar-refractivity contribution is 5.84. The summed E-state index contributed by atoms with van der Waals surface area (Å²) in [7, 11) is 2.78. The van der Waals surface area contributed by atoms with Gasteiger partial charge in [-0.15, -0.1) is 0 Å². The van der Waals surface area contributed by atoms with Gasteiger partial charge in [0.1, 0.15) is 0 Å². The SMILES string of the molecule is COC(=O)C1C2CC(c3ccccc3)C(C2)C1C(=O)OC. The molecule has 0 amide bonds. The predicted molar refractivity (Wildman–Crippen MR) is 76.4 cm³/mol. The van der Waals surface area contributed by atoms with Gasteiger partial charge >= 0.3 is 11.9 Å². The Kier molecular flexibility index (Phi) is 3.70. The van der Waals surface area contributed by atoms with Crippen molar-refractivity contribution in [2.75, 3.05) is 14.2 Å². The molecule has 2 bridgehead atoms. The summed E-state index contributed by atoms with van der Waals surface area (Å²) < 4.78 is 9.86. The summed E-state index contributed by atoms with van der Waals surface area (Å²) in [6.45, 7) is 0. The van der Waals surface area contributed by atoms with E-state index in [2.05, 4.69) is 12.1 Å². The second kappa shape index (κ2) is 5.51. The second-order valence-corrected chi connectivity index (χ2v) is 6.01. The average molecular weight is 288 g/mol. The first-order valence-corrected chi connectivity index (χ1v) is 7.38. The smallest absolute Gasteiger partial charge is 0.309 e. The third-order valence-electron chi connectivity index (χ3n) is 5.18. The van der Waals surface area contributed by atoms with Gasteiger partial charge in [-0.3, -0.25) is 9.59 Å². The molecule has 0 heterocycles. The molecule has 5 atom stereocenters. The first-order chi connectivity index (χ1) is 10.2. The highest BCUT2D eigenvalue weighted by atomic mass is 16.5. The van der Waals surface area contributed by atoms with Crippen molar-refractivity contribution in [3.8, 4) is 0 Å². The number of esters is 2. The van der Waals surface area contributed by atoms with Crippen LogP contribution in [0.4, 0.5) is 0 Å². The number of ether oxygens (including phenoxy) is 2. The van der Waals surface area contributed by atoms with Crippen LogP contribution in [0.3, 0.4) is 0 Å². The van der Waals surface area contributed by atoms with Crippen LogP contribution in [0.25, 0.3) is 0 Å². The summed E-state index contributed by atoms with van der Waals surface area (Å²) in [5, 5.41) is 0. The second-order valence-electron chi connectivity index (χ2n) is 6.01. The monoisotopic (exact) mass is 288 g/mol. The average Bonchev–Trinajstić information content (AvgIpc) is 3.12. The Morgan fingerprint density at radius 1 is 0.952 bits per heavy atom. The van der Waals surface area contributed by atoms with E-state index in [9.17, 15) is 9.59 Å². The van der Waals surface area contributed by atoms with Gasteiger partial charge < -0.3 is 9.47 Å². The fourth-order valence-corrected chi connectivity index (χ4v) is 4.38. The molecule has 4 heteroatoms. The van der Waals surface area contributed by atoms with E-state index in [1.54, 1.807) is 0 Å². The molecule has 21 heavy (non-hydrogen) atoms. The first kappa shape index (κ1) is 14.1. The van der Waals surface area contributed by atoms with Gasteiger partial charge in [0.2, 0.25) is 0 Å². The lowest BCUT2D eigenvalue weighted by Crippen LogP contribution is -2.38. The van der Waals surface area contributed by atoms with E-state index in [-0.39, 0.29) is 35.6 Å². The Labute approximate surface area is 124 Å². The van der Waals surface area contributed by atoms with Crippen LogP contribution in [0, 0.1) is 23.7 Å². The van der Waals surface area contributed by atoms with Crippen molar-refractivity contribution < 1.29 is 19.1 Å². The fraction of sp³-hybridized carbons (Fsp3) is 0.529. The predicted octanol–water partition coefficient (Wildman–Crippen LogP) is 2.39. The van der Waals surface area contributed by atoms with Crippen LogP contribution in [-0.2, 0) is 19.1 Å². The molecule has 0 aliphatic heterocycles. The zero-order valence-electron chi connectivity index (χ0n) is 12.3. The standard InChI is InChI=1S/C17H20O4/c1-20-16(18)14-11-8-12(10-6-4-3-5-7-10)13(9-11)15(14)17(19)21-2/h3-7,11-15H,8-9H2,1-2H3. The molecule has 0 aromatic heterocycles. The zero-order valence-corrected chi connectivity index (χ0v) is 12.3. The van der Waals surface area contributed by atoms with E-state index < -0.39 is 0 Å². The number of fused-ring (bicyclic) bond motifs is 2. The summed E-state index contributed by atoms with van der Waals surface area (Å²) in [4.78, 5) is 24.2. The van der Waals surface area contributed by atoms with Gasteiger partial charge in [0, 0.05) is 0 Å². The topological polar surface area (TPSA) is 52.6 Å². The molecule has 0 N–H and O–H groups in total. The van der Waals surface area contributed by atoms with Gasteiger partial charge in [-0.05, 0) is 36.2 Å². The maximum Gasteiger partial charge on any atom is 0.309 e. The van der Waals surface area contributed by atoms with Gasteiger partial charge in [-0.1, -0.05) is 30.3 Å². The number of carbonyl (C=O) groups is 2. The quantitative estimate of drug-likeness (QED) is 0.801. The molecule has 0 saturated heterocycles. The van der Waals surface area contributed by atoms with E-state index in [1.165, 1.54) is 19.8 Å². The maximum atomic E-state index is 12.2. The molecule has 4 nitrogen and oxygen atoms in total. The molecular formula is C17H20O4. The van der Waals surface area contributed by atoms with Crippen molar-refractivity contribution in [2.45, 2.75) is 18.8 Å². The van der Waals surface area contributed by atoms with Gasteiger partial charge in [0.15, 0.2) is 0 Å². The molecule has 2 fully saturated rings. The molecule has 2 saturated carbocycles. The highest BCUT2D eigenvalue weighted by Crippen LogP contribution is 2.59. The Hall–Kier alpha value is -1.84. The molecule has 5 unspecified atom stereocenters. The van der Waals surface area contributed by atoms with E-state index in [4.69, 9.17) is 9.47 Å². The van der Waals surface area contributed by atoms with Crippen LogP contribution in [0.1, 0.15) is 24.3 Å². The van der Waals surface area contributed by atoms with Crippen molar-refractivity contribution in [1.29, 1.82) is 0 Å². The molecule has 0 spiro atoms. The van der Waals surface area contributed by atoms with E-state index in [0.29, 0.717) is 5.92 Å². The number of carbonyl (C=O) groups excluding carboxylic acids is 2. The van der Waals surface area contributed by atoms with Crippen LogP contribution in [0.15, 0.2) is 30.3 Å². The van der Waals surface area contributed by atoms with Crippen molar-refractivity contribution in [3.05, 3.63) is 35.9 Å². The van der Waals surface area contributed by atoms with Crippen LogP contribution in [-0.4, -0.2) is 26.2 Å². The number of benzene rings is 1. The molecule has 2 aliphatic carbocycles. The number of hydrogen-bond donors (Lipinski definition) is 0. The Balaban J connectivity index is 1.90. The van der Waals surface area contributed by atoms with Gasteiger partial charge in [0.05, 0.1) is 26.1 Å².